The topological polar surface area (TPSA) is 68.7 Å². The predicted molar refractivity (Wildman–Crippen MR) is 69.8 cm³/mol. The van der Waals surface area contributed by atoms with Crippen LogP contribution in [0.15, 0.2) is 16.7 Å². The van der Waals surface area contributed by atoms with Crippen molar-refractivity contribution in [3.05, 3.63) is 22.3 Å². The molecule has 1 heterocycles. The third kappa shape index (κ3) is 3.20. The maximum absolute atomic E-state index is 11.4. The van der Waals surface area contributed by atoms with E-state index in [0.717, 1.165) is 10.0 Å². The number of aromatic nitrogens is 1. The number of hydrogen-bond acceptors (Lipinski definition) is 4. The summed E-state index contributed by atoms with van der Waals surface area (Å²) in [5.74, 6) is -0.754. The summed E-state index contributed by atoms with van der Waals surface area (Å²) in [6.07, 6.45) is 1.85. The molecule has 1 rings (SSSR count). The van der Waals surface area contributed by atoms with E-state index in [9.17, 15) is 9.90 Å². The molecular weight excluding hydrogens is 302 g/mol. The number of hydrogen-bond donors (Lipinski definition) is 1. The second kappa shape index (κ2) is 6.15. The average Bonchev–Trinajstić information content (AvgIpc) is 2.31. The molecule has 18 heavy (non-hydrogen) atoms. The van der Waals surface area contributed by atoms with E-state index in [1.807, 2.05) is 13.0 Å². The number of aryl methyl sites for hydroxylation is 1. The number of halogens is 1. The number of methoxy groups -OCH3 is 1. The highest BCUT2D eigenvalue weighted by Crippen LogP contribution is 2.25. The first-order valence-electron chi connectivity index (χ1n) is 5.48. The molecule has 1 unspecified atom stereocenters. The van der Waals surface area contributed by atoms with Crippen molar-refractivity contribution < 1.29 is 19.4 Å². The molecule has 1 N–H and O–H groups in total. The Bertz CT molecular complexity index is 438. The van der Waals surface area contributed by atoms with Gasteiger partial charge in [-0.25, -0.2) is 9.78 Å². The zero-order valence-electron chi connectivity index (χ0n) is 10.6. The van der Waals surface area contributed by atoms with Crippen LogP contribution in [0.25, 0.3) is 0 Å². The molecule has 0 saturated carbocycles. The average molecular weight is 318 g/mol. The highest BCUT2D eigenvalue weighted by Gasteiger charge is 2.40. The summed E-state index contributed by atoms with van der Waals surface area (Å²) in [6.45, 7) is 3.51. The van der Waals surface area contributed by atoms with Gasteiger partial charge in [-0.15, -0.1) is 0 Å². The van der Waals surface area contributed by atoms with Gasteiger partial charge in [0, 0.05) is 23.3 Å². The number of carboxylic acids is 1. The normalized spacial score (nSPS) is 14.0. The Kier molecular flexibility index (Phi) is 5.10. The number of pyridine rings is 1. The van der Waals surface area contributed by atoms with Crippen molar-refractivity contribution in [1.82, 2.24) is 4.98 Å². The second-order valence-electron chi connectivity index (χ2n) is 3.96. The lowest BCUT2D eigenvalue weighted by molar-refractivity contribution is -0.161. The summed E-state index contributed by atoms with van der Waals surface area (Å²) in [6, 6.07) is 1.82. The molecule has 100 valence electrons. The molecular formula is C12H16BrNO4. The van der Waals surface area contributed by atoms with Crippen LogP contribution in [-0.2, 0) is 9.53 Å². The van der Waals surface area contributed by atoms with Gasteiger partial charge in [-0.2, -0.15) is 0 Å². The van der Waals surface area contributed by atoms with Crippen LogP contribution in [-0.4, -0.2) is 35.4 Å². The standard InChI is InChI=1S/C12H16BrNO4/c1-4-12(7-17-3,11(15)16)18-10-8(2)5-9(13)6-14-10/h5-6H,4,7H2,1-3H3,(H,15,16). The van der Waals surface area contributed by atoms with Gasteiger partial charge < -0.3 is 14.6 Å². The van der Waals surface area contributed by atoms with Gasteiger partial charge in [0.05, 0.1) is 6.61 Å². The molecule has 0 radical (unpaired) electrons. The van der Waals surface area contributed by atoms with Gasteiger partial charge in [0.15, 0.2) is 0 Å². The smallest absolute Gasteiger partial charge is 0.350 e. The molecule has 0 aromatic carbocycles. The third-order valence-corrected chi connectivity index (χ3v) is 3.06. The lowest BCUT2D eigenvalue weighted by Crippen LogP contribution is -2.48. The Labute approximate surface area is 114 Å². The molecule has 0 aliphatic heterocycles. The van der Waals surface area contributed by atoms with Crippen molar-refractivity contribution in [3.8, 4) is 5.88 Å². The van der Waals surface area contributed by atoms with Crippen LogP contribution in [0, 0.1) is 6.92 Å². The maximum Gasteiger partial charge on any atom is 0.350 e. The second-order valence-corrected chi connectivity index (χ2v) is 4.88. The maximum atomic E-state index is 11.4. The van der Waals surface area contributed by atoms with Gasteiger partial charge in [-0.05, 0) is 35.3 Å². The Morgan fingerprint density at radius 2 is 2.28 bits per heavy atom. The monoisotopic (exact) mass is 317 g/mol. The van der Waals surface area contributed by atoms with Crippen molar-refractivity contribution in [1.29, 1.82) is 0 Å². The summed E-state index contributed by atoms with van der Waals surface area (Å²) < 4.78 is 11.4. The first-order valence-corrected chi connectivity index (χ1v) is 6.28. The molecule has 0 aliphatic rings. The van der Waals surface area contributed by atoms with Gasteiger partial charge in [-0.3, -0.25) is 0 Å². The summed E-state index contributed by atoms with van der Waals surface area (Å²) in [4.78, 5) is 15.5. The lowest BCUT2D eigenvalue weighted by atomic mass is 10.0. The fraction of sp³-hybridized carbons (Fsp3) is 0.500. The Hall–Kier alpha value is -1.14. The Morgan fingerprint density at radius 1 is 1.61 bits per heavy atom. The molecule has 6 heteroatoms. The van der Waals surface area contributed by atoms with Crippen LogP contribution >= 0.6 is 15.9 Å². The predicted octanol–water partition coefficient (Wildman–Crippen LogP) is 2.41. The van der Waals surface area contributed by atoms with Gasteiger partial charge in [0.25, 0.3) is 0 Å². The zero-order valence-corrected chi connectivity index (χ0v) is 12.2. The van der Waals surface area contributed by atoms with E-state index in [2.05, 4.69) is 20.9 Å². The number of carbonyl (C=O) groups is 1. The van der Waals surface area contributed by atoms with Crippen LogP contribution < -0.4 is 4.74 Å². The lowest BCUT2D eigenvalue weighted by Gasteiger charge is -2.28. The SMILES string of the molecule is CCC(COC)(Oc1ncc(Br)cc1C)C(=O)O. The summed E-state index contributed by atoms with van der Waals surface area (Å²) in [7, 11) is 1.44. The number of rotatable bonds is 6. The molecule has 0 aliphatic carbocycles. The van der Waals surface area contributed by atoms with E-state index in [4.69, 9.17) is 9.47 Å². The van der Waals surface area contributed by atoms with Crippen LogP contribution in [0.4, 0.5) is 0 Å². The molecule has 0 amide bonds. The minimum absolute atomic E-state index is 0.0317. The van der Waals surface area contributed by atoms with Crippen molar-refractivity contribution in [2.24, 2.45) is 0 Å². The summed E-state index contributed by atoms with van der Waals surface area (Å²) >= 11 is 3.29. The van der Waals surface area contributed by atoms with E-state index < -0.39 is 11.6 Å². The van der Waals surface area contributed by atoms with Gasteiger partial charge >= 0.3 is 5.97 Å². The number of aliphatic carboxylic acids is 1. The fourth-order valence-corrected chi connectivity index (χ4v) is 1.96. The van der Waals surface area contributed by atoms with Crippen LogP contribution in [0.1, 0.15) is 18.9 Å². The van der Waals surface area contributed by atoms with Crippen LogP contribution in [0.2, 0.25) is 0 Å². The van der Waals surface area contributed by atoms with Crippen LogP contribution in [0.3, 0.4) is 0 Å². The van der Waals surface area contributed by atoms with Crippen molar-refractivity contribution in [2.45, 2.75) is 25.9 Å². The molecule has 0 spiro atoms. The minimum Gasteiger partial charge on any atom is -0.478 e. The molecule has 0 fully saturated rings. The van der Waals surface area contributed by atoms with E-state index >= 15 is 0 Å². The number of ether oxygens (including phenoxy) is 2. The zero-order chi connectivity index (χ0) is 13.8. The largest absolute Gasteiger partial charge is 0.478 e. The highest BCUT2D eigenvalue weighted by molar-refractivity contribution is 9.10. The Morgan fingerprint density at radius 3 is 2.72 bits per heavy atom. The Balaban J connectivity index is 3.06. The van der Waals surface area contributed by atoms with E-state index in [1.165, 1.54) is 7.11 Å². The van der Waals surface area contributed by atoms with Crippen molar-refractivity contribution in [2.75, 3.05) is 13.7 Å². The first kappa shape index (κ1) is 14.9. The van der Waals surface area contributed by atoms with Crippen LogP contribution in [0.5, 0.6) is 5.88 Å². The van der Waals surface area contributed by atoms with Gasteiger partial charge in [0.2, 0.25) is 11.5 Å². The molecule has 1 aromatic rings. The quantitative estimate of drug-likeness (QED) is 0.872. The van der Waals surface area contributed by atoms with E-state index in [0.29, 0.717) is 5.88 Å². The van der Waals surface area contributed by atoms with Gasteiger partial charge in [-0.1, -0.05) is 6.92 Å². The van der Waals surface area contributed by atoms with Gasteiger partial charge in [0.1, 0.15) is 0 Å². The number of carboxylic acid groups (broad SMARTS) is 1. The van der Waals surface area contributed by atoms with E-state index in [1.54, 1.807) is 13.1 Å². The first-order chi connectivity index (χ1) is 8.45. The molecule has 5 nitrogen and oxygen atoms in total. The summed E-state index contributed by atoms with van der Waals surface area (Å²) in [5.41, 5.74) is -0.639. The molecule has 0 bridgehead atoms. The fourth-order valence-electron chi connectivity index (χ4n) is 1.51. The van der Waals surface area contributed by atoms with E-state index in [-0.39, 0.29) is 13.0 Å². The highest BCUT2D eigenvalue weighted by atomic mass is 79.9. The molecule has 1 aromatic heterocycles. The molecule has 1 atom stereocenters. The summed E-state index contributed by atoms with van der Waals surface area (Å²) in [5, 5.41) is 9.32. The minimum atomic E-state index is -1.40. The third-order valence-electron chi connectivity index (χ3n) is 2.63. The number of nitrogens with zero attached hydrogens (tertiary/aromatic N) is 1. The molecule has 0 saturated heterocycles. The van der Waals surface area contributed by atoms with Crippen molar-refractivity contribution >= 4 is 21.9 Å². The van der Waals surface area contributed by atoms with Crippen molar-refractivity contribution in [3.63, 3.8) is 0 Å².